The van der Waals surface area contributed by atoms with E-state index in [1.165, 1.54) is 12.3 Å². The third kappa shape index (κ3) is 3.49. The maximum absolute atomic E-state index is 14.2. The van der Waals surface area contributed by atoms with E-state index in [0.29, 0.717) is 5.69 Å². The van der Waals surface area contributed by atoms with Crippen molar-refractivity contribution in [2.45, 2.75) is 6.11 Å². The molecule has 2 nitrogen and oxygen atoms in total. The first-order chi connectivity index (χ1) is 12.3. The van der Waals surface area contributed by atoms with E-state index in [2.05, 4.69) is 9.72 Å². The van der Waals surface area contributed by atoms with Crippen LogP contribution >= 0.6 is 0 Å². The first kappa shape index (κ1) is 17.8. The van der Waals surface area contributed by atoms with Crippen LogP contribution in [0.5, 0.6) is 5.75 Å². The highest BCUT2D eigenvalue weighted by Crippen LogP contribution is 2.35. The molecule has 0 N–H and O–H groups in total. The Hall–Kier alpha value is -3.03. The van der Waals surface area contributed by atoms with Gasteiger partial charge in [-0.2, -0.15) is 8.78 Å². The third-order valence-electron chi connectivity index (χ3n) is 3.45. The lowest BCUT2D eigenvalue weighted by molar-refractivity contribution is -0.187. The maximum Gasteiger partial charge on any atom is 0.429 e. The molecule has 0 fully saturated rings. The van der Waals surface area contributed by atoms with Crippen LogP contribution in [0.25, 0.3) is 11.3 Å². The van der Waals surface area contributed by atoms with Gasteiger partial charge in [0.05, 0.1) is 11.3 Å². The highest BCUT2D eigenvalue weighted by molar-refractivity contribution is 5.59. The number of aromatic nitrogens is 1. The SMILES string of the molecule is Fc1cc(-c2ccccn2)ccc1C(F)(F)Oc1cc(F)c(F)c(F)c1. The number of halogens is 6. The molecular formula is C18H9F6NO. The molecule has 0 saturated carbocycles. The summed E-state index contributed by atoms with van der Waals surface area (Å²) in [6.45, 7) is 0. The van der Waals surface area contributed by atoms with Crippen LogP contribution in [0.1, 0.15) is 5.56 Å². The number of hydrogen-bond acceptors (Lipinski definition) is 2. The van der Waals surface area contributed by atoms with Gasteiger partial charge in [0.2, 0.25) is 0 Å². The number of rotatable bonds is 4. The van der Waals surface area contributed by atoms with E-state index in [1.54, 1.807) is 18.2 Å². The Morgan fingerprint density at radius 1 is 0.808 bits per heavy atom. The lowest BCUT2D eigenvalue weighted by Crippen LogP contribution is -2.23. The first-order valence-corrected chi connectivity index (χ1v) is 7.21. The van der Waals surface area contributed by atoms with Gasteiger partial charge in [0.15, 0.2) is 17.5 Å². The Balaban J connectivity index is 1.92. The van der Waals surface area contributed by atoms with Crippen LogP contribution in [0.15, 0.2) is 54.7 Å². The molecule has 0 bridgehead atoms. The molecule has 3 aromatic rings. The molecule has 0 amide bonds. The van der Waals surface area contributed by atoms with Crippen molar-refractivity contribution in [2.75, 3.05) is 0 Å². The van der Waals surface area contributed by atoms with Crippen molar-refractivity contribution in [1.82, 2.24) is 4.98 Å². The van der Waals surface area contributed by atoms with Crippen molar-refractivity contribution < 1.29 is 31.1 Å². The van der Waals surface area contributed by atoms with E-state index >= 15 is 0 Å². The van der Waals surface area contributed by atoms with Gasteiger partial charge < -0.3 is 4.74 Å². The van der Waals surface area contributed by atoms with E-state index in [9.17, 15) is 26.3 Å². The Kier molecular flexibility index (Phi) is 4.58. The molecule has 0 aliphatic rings. The fourth-order valence-electron chi connectivity index (χ4n) is 2.24. The van der Waals surface area contributed by atoms with Crippen LogP contribution < -0.4 is 4.74 Å². The maximum atomic E-state index is 14.2. The Labute approximate surface area is 143 Å². The van der Waals surface area contributed by atoms with Crippen LogP contribution in [0.4, 0.5) is 26.3 Å². The summed E-state index contributed by atoms with van der Waals surface area (Å²) in [6, 6.07) is 8.13. The number of pyridine rings is 1. The van der Waals surface area contributed by atoms with Gasteiger partial charge in [-0.15, -0.1) is 0 Å². The molecule has 26 heavy (non-hydrogen) atoms. The average Bonchev–Trinajstić information content (AvgIpc) is 2.59. The molecular weight excluding hydrogens is 360 g/mol. The molecule has 0 aliphatic heterocycles. The predicted octanol–water partition coefficient (Wildman–Crippen LogP) is 5.43. The fourth-order valence-corrected chi connectivity index (χ4v) is 2.24. The van der Waals surface area contributed by atoms with Gasteiger partial charge >= 0.3 is 6.11 Å². The molecule has 0 unspecified atom stereocenters. The van der Waals surface area contributed by atoms with Crippen LogP contribution in [-0.2, 0) is 6.11 Å². The average molecular weight is 369 g/mol. The minimum atomic E-state index is -4.25. The first-order valence-electron chi connectivity index (χ1n) is 7.21. The highest BCUT2D eigenvalue weighted by Gasteiger charge is 2.38. The standard InChI is InChI=1S/C18H9F6NO/c19-13-7-10(16-3-1-2-6-25-16)4-5-12(13)18(23,24)26-11-8-14(20)17(22)15(21)9-11/h1-9H. The molecule has 1 aromatic heterocycles. The summed E-state index contributed by atoms with van der Waals surface area (Å²) in [6.07, 6.45) is -2.79. The summed E-state index contributed by atoms with van der Waals surface area (Å²) in [5.41, 5.74) is -0.534. The van der Waals surface area contributed by atoms with Crippen LogP contribution in [0, 0.1) is 23.3 Å². The summed E-state index contributed by atoms with van der Waals surface area (Å²) in [5, 5.41) is 0. The van der Waals surface area contributed by atoms with E-state index in [-0.39, 0.29) is 17.7 Å². The number of hydrogen-bond donors (Lipinski definition) is 0. The number of ether oxygens (including phenoxy) is 1. The molecule has 0 saturated heterocycles. The van der Waals surface area contributed by atoms with Crippen molar-refractivity contribution in [3.63, 3.8) is 0 Å². The highest BCUT2D eigenvalue weighted by atomic mass is 19.3. The van der Waals surface area contributed by atoms with Gasteiger partial charge in [0.25, 0.3) is 0 Å². The molecule has 1 heterocycles. The Bertz CT molecular complexity index is 923. The quantitative estimate of drug-likeness (QED) is 0.452. The number of nitrogens with zero attached hydrogens (tertiary/aromatic N) is 1. The predicted molar refractivity (Wildman–Crippen MR) is 80.5 cm³/mol. The second kappa shape index (κ2) is 6.70. The lowest BCUT2D eigenvalue weighted by Gasteiger charge is -2.19. The van der Waals surface area contributed by atoms with Gasteiger partial charge in [0.1, 0.15) is 11.6 Å². The molecule has 8 heteroatoms. The van der Waals surface area contributed by atoms with Crippen molar-refractivity contribution in [1.29, 1.82) is 0 Å². The minimum absolute atomic E-state index is 0.243. The number of benzene rings is 2. The molecule has 0 radical (unpaired) electrons. The Morgan fingerprint density at radius 3 is 2.08 bits per heavy atom. The fraction of sp³-hybridized carbons (Fsp3) is 0.0556. The zero-order valence-corrected chi connectivity index (χ0v) is 12.8. The molecule has 3 rings (SSSR count). The van der Waals surface area contributed by atoms with E-state index in [4.69, 9.17) is 0 Å². The van der Waals surface area contributed by atoms with Crippen LogP contribution in [0.3, 0.4) is 0 Å². The third-order valence-corrected chi connectivity index (χ3v) is 3.45. The van der Waals surface area contributed by atoms with E-state index < -0.39 is 40.7 Å². The second-order valence-electron chi connectivity index (χ2n) is 5.23. The topological polar surface area (TPSA) is 22.1 Å². The van der Waals surface area contributed by atoms with Crippen molar-refractivity contribution >= 4 is 0 Å². The van der Waals surface area contributed by atoms with Gasteiger partial charge in [-0.05, 0) is 24.3 Å². The largest absolute Gasteiger partial charge is 0.429 e. The molecule has 2 aromatic carbocycles. The summed E-state index contributed by atoms with van der Waals surface area (Å²) < 4.78 is 85.8. The molecule has 0 spiro atoms. The minimum Gasteiger partial charge on any atom is -0.429 e. The van der Waals surface area contributed by atoms with Crippen molar-refractivity contribution in [3.8, 4) is 17.0 Å². The zero-order valence-electron chi connectivity index (χ0n) is 12.8. The normalized spacial score (nSPS) is 11.5. The summed E-state index contributed by atoms with van der Waals surface area (Å²) in [4.78, 5) is 3.97. The monoisotopic (exact) mass is 369 g/mol. The zero-order chi connectivity index (χ0) is 18.9. The summed E-state index contributed by atoms with van der Waals surface area (Å²) >= 11 is 0. The summed E-state index contributed by atoms with van der Waals surface area (Å²) in [7, 11) is 0. The van der Waals surface area contributed by atoms with E-state index in [1.807, 2.05) is 0 Å². The number of alkyl halides is 2. The summed E-state index contributed by atoms with van der Waals surface area (Å²) in [5.74, 6) is -7.53. The Morgan fingerprint density at radius 2 is 1.50 bits per heavy atom. The van der Waals surface area contributed by atoms with Gasteiger partial charge in [-0.1, -0.05) is 12.1 Å². The van der Waals surface area contributed by atoms with Gasteiger partial charge in [-0.3, -0.25) is 4.98 Å². The van der Waals surface area contributed by atoms with Crippen LogP contribution in [-0.4, -0.2) is 4.98 Å². The van der Waals surface area contributed by atoms with Crippen molar-refractivity contribution in [3.05, 3.63) is 83.6 Å². The lowest BCUT2D eigenvalue weighted by atomic mass is 10.1. The second-order valence-corrected chi connectivity index (χ2v) is 5.23. The van der Waals surface area contributed by atoms with Crippen molar-refractivity contribution in [2.24, 2.45) is 0 Å². The molecule has 0 atom stereocenters. The smallest absolute Gasteiger partial charge is 0.429 e. The molecule has 0 aliphatic carbocycles. The molecule has 134 valence electrons. The van der Waals surface area contributed by atoms with Gasteiger partial charge in [-0.25, -0.2) is 17.6 Å². The van der Waals surface area contributed by atoms with Gasteiger partial charge in [0, 0.05) is 23.9 Å². The van der Waals surface area contributed by atoms with E-state index in [0.717, 1.165) is 12.1 Å². The van der Waals surface area contributed by atoms with Crippen LogP contribution in [0.2, 0.25) is 0 Å².